The second kappa shape index (κ2) is 6.27. The number of rotatable bonds is 3. The SMILES string of the molecule is O=C(/C=C/c1ccc(O)c(O)c1)OC1CCCCC1. The fraction of sp³-hybridized carbons (Fsp3) is 0.400. The Balaban J connectivity index is 1.90. The third kappa shape index (κ3) is 4.02. The van der Waals surface area contributed by atoms with Gasteiger partial charge in [0.25, 0.3) is 0 Å². The van der Waals surface area contributed by atoms with Crippen LogP contribution in [-0.2, 0) is 9.53 Å². The minimum absolute atomic E-state index is 0.0409. The molecule has 19 heavy (non-hydrogen) atoms. The highest BCUT2D eigenvalue weighted by atomic mass is 16.5. The third-order valence-electron chi connectivity index (χ3n) is 3.25. The average molecular weight is 262 g/mol. The third-order valence-corrected chi connectivity index (χ3v) is 3.25. The molecule has 1 aliphatic rings. The Morgan fingerprint density at radius 2 is 1.89 bits per heavy atom. The average Bonchev–Trinajstić information content (AvgIpc) is 2.41. The number of phenolic OH excluding ortho intramolecular Hbond substituents is 2. The summed E-state index contributed by atoms with van der Waals surface area (Å²) in [5.74, 6) is -0.746. The fourth-order valence-electron chi connectivity index (χ4n) is 2.19. The molecule has 0 spiro atoms. The van der Waals surface area contributed by atoms with E-state index in [1.807, 2.05) is 0 Å². The van der Waals surface area contributed by atoms with Crippen LogP contribution in [0.2, 0.25) is 0 Å². The van der Waals surface area contributed by atoms with Crippen LogP contribution in [-0.4, -0.2) is 22.3 Å². The predicted octanol–water partition coefficient (Wildman–Crippen LogP) is 2.99. The van der Waals surface area contributed by atoms with Crippen molar-refractivity contribution in [3.63, 3.8) is 0 Å². The number of benzene rings is 1. The molecule has 0 radical (unpaired) electrons. The molecule has 4 nitrogen and oxygen atoms in total. The standard InChI is InChI=1S/C15H18O4/c16-13-8-6-11(10-14(13)17)7-9-15(18)19-12-4-2-1-3-5-12/h6-10,12,16-17H,1-5H2/b9-7+. The van der Waals surface area contributed by atoms with Gasteiger partial charge in [-0.05, 0) is 49.5 Å². The maximum atomic E-state index is 11.6. The minimum Gasteiger partial charge on any atom is -0.504 e. The molecule has 4 heteroatoms. The Morgan fingerprint density at radius 1 is 1.16 bits per heavy atom. The molecular weight excluding hydrogens is 244 g/mol. The van der Waals surface area contributed by atoms with Crippen LogP contribution in [0.1, 0.15) is 37.7 Å². The molecule has 0 bridgehead atoms. The van der Waals surface area contributed by atoms with E-state index in [0.717, 1.165) is 25.7 Å². The number of phenols is 2. The summed E-state index contributed by atoms with van der Waals surface area (Å²) < 4.78 is 5.33. The van der Waals surface area contributed by atoms with Crippen molar-refractivity contribution in [3.05, 3.63) is 29.8 Å². The zero-order valence-corrected chi connectivity index (χ0v) is 10.7. The largest absolute Gasteiger partial charge is 0.504 e. The summed E-state index contributed by atoms with van der Waals surface area (Å²) >= 11 is 0. The number of ether oxygens (including phenoxy) is 1. The van der Waals surface area contributed by atoms with Gasteiger partial charge in [-0.1, -0.05) is 12.5 Å². The fourth-order valence-corrected chi connectivity index (χ4v) is 2.19. The van der Waals surface area contributed by atoms with E-state index in [9.17, 15) is 15.0 Å². The highest BCUT2D eigenvalue weighted by Crippen LogP contribution is 2.25. The van der Waals surface area contributed by atoms with Gasteiger partial charge < -0.3 is 14.9 Å². The van der Waals surface area contributed by atoms with Crippen molar-refractivity contribution in [1.29, 1.82) is 0 Å². The van der Waals surface area contributed by atoms with Crippen LogP contribution in [0, 0.1) is 0 Å². The summed E-state index contributed by atoms with van der Waals surface area (Å²) in [5.41, 5.74) is 0.635. The summed E-state index contributed by atoms with van der Waals surface area (Å²) in [4.78, 5) is 11.6. The minimum atomic E-state index is -0.362. The van der Waals surface area contributed by atoms with Crippen LogP contribution < -0.4 is 0 Å². The van der Waals surface area contributed by atoms with Gasteiger partial charge in [0.2, 0.25) is 0 Å². The monoisotopic (exact) mass is 262 g/mol. The van der Waals surface area contributed by atoms with E-state index in [-0.39, 0.29) is 23.6 Å². The lowest BCUT2D eigenvalue weighted by Crippen LogP contribution is -2.19. The maximum absolute atomic E-state index is 11.6. The molecule has 1 saturated carbocycles. The molecular formula is C15H18O4. The zero-order chi connectivity index (χ0) is 13.7. The summed E-state index contributed by atoms with van der Waals surface area (Å²) in [6, 6.07) is 4.38. The first-order valence-electron chi connectivity index (χ1n) is 6.56. The molecule has 0 heterocycles. The van der Waals surface area contributed by atoms with Gasteiger partial charge in [-0.15, -0.1) is 0 Å². The van der Waals surface area contributed by atoms with Crippen molar-refractivity contribution in [2.45, 2.75) is 38.2 Å². The Hall–Kier alpha value is -1.97. The molecule has 102 valence electrons. The van der Waals surface area contributed by atoms with E-state index in [0.29, 0.717) is 5.56 Å². The summed E-state index contributed by atoms with van der Waals surface area (Å²) in [6.45, 7) is 0. The van der Waals surface area contributed by atoms with E-state index in [4.69, 9.17) is 4.74 Å². The Morgan fingerprint density at radius 3 is 2.58 bits per heavy atom. The van der Waals surface area contributed by atoms with E-state index < -0.39 is 0 Å². The number of carbonyl (C=O) groups excluding carboxylic acids is 1. The molecule has 0 amide bonds. The summed E-state index contributed by atoms with van der Waals surface area (Å²) in [6.07, 6.45) is 8.29. The molecule has 0 aliphatic heterocycles. The van der Waals surface area contributed by atoms with Crippen LogP contribution in [0.15, 0.2) is 24.3 Å². The van der Waals surface area contributed by atoms with Crippen molar-refractivity contribution in [1.82, 2.24) is 0 Å². The Kier molecular flexibility index (Phi) is 4.44. The lowest BCUT2D eigenvalue weighted by atomic mass is 9.98. The van der Waals surface area contributed by atoms with Gasteiger partial charge in [0.1, 0.15) is 6.10 Å². The number of aromatic hydroxyl groups is 2. The summed E-state index contributed by atoms with van der Waals surface area (Å²) in [7, 11) is 0. The molecule has 0 aromatic heterocycles. The van der Waals surface area contributed by atoms with Gasteiger partial charge in [0.15, 0.2) is 11.5 Å². The number of hydrogen-bond donors (Lipinski definition) is 2. The van der Waals surface area contributed by atoms with Crippen LogP contribution in [0.5, 0.6) is 11.5 Å². The van der Waals surface area contributed by atoms with Gasteiger partial charge in [0, 0.05) is 6.08 Å². The summed E-state index contributed by atoms with van der Waals surface area (Å²) in [5, 5.41) is 18.5. The van der Waals surface area contributed by atoms with Gasteiger partial charge in [-0.2, -0.15) is 0 Å². The molecule has 1 aromatic carbocycles. The number of carbonyl (C=O) groups is 1. The highest BCUT2D eigenvalue weighted by molar-refractivity contribution is 5.87. The van der Waals surface area contributed by atoms with E-state index in [1.54, 1.807) is 12.1 Å². The van der Waals surface area contributed by atoms with Crippen molar-refractivity contribution in [2.75, 3.05) is 0 Å². The van der Waals surface area contributed by atoms with Gasteiger partial charge in [0.05, 0.1) is 0 Å². The molecule has 0 unspecified atom stereocenters. The molecule has 0 saturated heterocycles. The molecule has 2 rings (SSSR count). The van der Waals surface area contributed by atoms with E-state index in [1.165, 1.54) is 24.6 Å². The smallest absolute Gasteiger partial charge is 0.331 e. The van der Waals surface area contributed by atoms with Crippen molar-refractivity contribution in [2.24, 2.45) is 0 Å². The first kappa shape index (κ1) is 13.5. The van der Waals surface area contributed by atoms with E-state index >= 15 is 0 Å². The van der Waals surface area contributed by atoms with Gasteiger partial charge in [-0.25, -0.2) is 4.79 Å². The first-order valence-corrected chi connectivity index (χ1v) is 6.56. The lowest BCUT2D eigenvalue weighted by Gasteiger charge is -2.20. The van der Waals surface area contributed by atoms with Crippen LogP contribution in [0.4, 0.5) is 0 Å². The second-order valence-corrected chi connectivity index (χ2v) is 4.78. The number of hydrogen-bond acceptors (Lipinski definition) is 4. The van der Waals surface area contributed by atoms with Crippen LogP contribution in [0.25, 0.3) is 6.08 Å². The van der Waals surface area contributed by atoms with E-state index in [2.05, 4.69) is 0 Å². The molecule has 1 aliphatic carbocycles. The number of esters is 1. The topological polar surface area (TPSA) is 66.8 Å². The molecule has 2 N–H and O–H groups in total. The Labute approximate surface area is 112 Å². The quantitative estimate of drug-likeness (QED) is 0.499. The molecule has 1 fully saturated rings. The van der Waals surface area contributed by atoms with Crippen molar-refractivity contribution < 1.29 is 19.7 Å². The predicted molar refractivity (Wildman–Crippen MR) is 71.8 cm³/mol. The highest BCUT2D eigenvalue weighted by Gasteiger charge is 2.16. The van der Waals surface area contributed by atoms with Crippen molar-refractivity contribution in [3.8, 4) is 11.5 Å². The molecule has 1 aromatic rings. The van der Waals surface area contributed by atoms with Crippen LogP contribution in [0.3, 0.4) is 0 Å². The second-order valence-electron chi connectivity index (χ2n) is 4.78. The maximum Gasteiger partial charge on any atom is 0.331 e. The Bertz CT molecular complexity index is 473. The van der Waals surface area contributed by atoms with Gasteiger partial charge >= 0.3 is 5.97 Å². The van der Waals surface area contributed by atoms with Crippen LogP contribution >= 0.6 is 0 Å². The normalized spacial score (nSPS) is 16.6. The molecule has 0 atom stereocenters. The van der Waals surface area contributed by atoms with Gasteiger partial charge in [-0.3, -0.25) is 0 Å². The first-order chi connectivity index (χ1) is 9.15. The zero-order valence-electron chi connectivity index (χ0n) is 10.7. The van der Waals surface area contributed by atoms with Crippen molar-refractivity contribution >= 4 is 12.0 Å². The lowest BCUT2D eigenvalue weighted by molar-refractivity contribution is -0.144.